The second-order valence-electron chi connectivity index (χ2n) is 5.26. The van der Waals surface area contributed by atoms with Crippen LogP contribution in [0.3, 0.4) is 0 Å². The number of hydrogen-bond acceptors (Lipinski definition) is 4. The van der Waals surface area contributed by atoms with E-state index >= 15 is 0 Å². The van der Waals surface area contributed by atoms with Crippen LogP contribution in [0.2, 0.25) is 0 Å². The van der Waals surface area contributed by atoms with Crippen molar-refractivity contribution in [3.05, 3.63) is 35.9 Å². The fraction of sp³-hybridized carbons (Fsp3) is 0.429. The maximum atomic E-state index is 11.8. The molecule has 1 aromatic rings. The number of nitrogens with one attached hydrogen (secondary N) is 1. The smallest absolute Gasteiger partial charge is 0.244 e. The Morgan fingerprint density at radius 1 is 1.19 bits per heavy atom. The first-order chi connectivity index (χ1) is 9.71. The van der Waals surface area contributed by atoms with E-state index in [2.05, 4.69) is 5.32 Å². The van der Waals surface area contributed by atoms with Crippen molar-refractivity contribution >= 4 is 21.7 Å². The van der Waals surface area contributed by atoms with Crippen molar-refractivity contribution < 1.29 is 18.0 Å². The number of sulfone groups is 1. The topological polar surface area (TPSA) is 106 Å². The zero-order chi connectivity index (χ0) is 16.0. The monoisotopic (exact) mass is 312 g/mol. The highest BCUT2D eigenvalue weighted by atomic mass is 32.2. The van der Waals surface area contributed by atoms with Crippen molar-refractivity contribution in [2.45, 2.75) is 19.9 Å². The van der Waals surface area contributed by atoms with E-state index in [4.69, 9.17) is 5.73 Å². The van der Waals surface area contributed by atoms with Crippen molar-refractivity contribution in [2.24, 2.45) is 11.7 Å². The van der Waals surface area contributed by atoms with Gasteiger partial charge < -0.3 is 11.1 Å². The number of primary amides is 1. The van der Waals surface area contributed by atoms with Gasteiger partial charge in [-0.15, -0.1) is 0 Å². The van der Waals surface area contributed by atoms with Crippen LogP contribution in [-0.2, 0) is 19.4 Å². The zero-order valence-corrected chi connectivity index (χ0v) is 12.9. The van der Waals surface area contributed by atoms with Crippen LogP contribution in [0.1, 0.15) is 25.5 Å². The molecule has 116 valence electrons. The number of rotatable bonds is 7. The van der Waals surface area contributed by atoms with E-state index in [0.717, 1.165) is 0 Å². The molecule has 2 amide bonds. The highest BCUT2D eigenvalue weighted by Gasteiger charge is 2.24. The lowest BCUT2D eigenvalue weighted by atomic mass is 10.1. The Morgan fingerprint density at radius 3 is 2.24 bits per heavy atom. The van der Waals surface area contributed by atoms with Gasteiger partial charge in [-0.1, -0.05) is 44.2 Å². The second-order valence-corrected chi connectivity index (χ2v) is 7.37. The Kier molecular flexibility index (Phi) is 5.90. The van der Waals surface area contributed by atoms with E-state index in [9.17, 15) is 18.0 Å². The van der Waals surface area contributed by atoms with Crippen molar-refractivity contribution in [1.82, 2.24) is 5.32 Å². The predicted octanol–water partition coefficient (Wildman–Crippen LogP) is 0.400. The molecule has 0 aliphatic heterocycles. The van der Waals surface area contributed by atoms with E-state index in [0.29, 0.717) is 5.56 Å². The molecule has 7 heteroatoms. The van der Waals surface area contributed by atoms with Gasteiger partial charge in [-0.25, -0.2) is 8.42 Å². The molecular weight excluding hydrogens is 292 g/mol. The van der Waals surface area contributed by atoms with E-state index in [1.165, 1.54) is 0 Å². The molecule has 0 aliphatic rings. The molecule has 0 heterocycles. The molecule has 0 unspecified atom stereocenters. The first-order valence-electron chi connectivity index (χ1n) is 6.55. The van der Waals surface area contributed by atoms with Crippen LogP contribution in [0.4, 0.5) is 0 Å². The van der Waals surface area contributed by atoms with Gasteiger partial charge in [0.15, 0.2) is 9.84 Å². The lowest BCUT2D eigenvalue weighted by molar-refractivity contribution is -0.126. The molecule has 0 aliphatic carbocycles. The lowest BCUT2D eigenvalue weighted by Gasteiger charge is -2.16. The first kappa shape index (κ1) is 17.2. The molecule has 1 rings (SSSR count). The van der Waals surface area contributed by atoms with Gasteiger partial charge in [0.25, 0.3) is 0 Å². The van der Waals surface area contributed by atoms with Crippen LogP contribution >= 0.6 is 0 Å². The van der Waals surface area contributed by atoms with Gasteiger partial charge in [0.2, 0.25) is 11.8 Å². The van der Waals surface area contributed by atoms with Crippen LogP contribution in [0.5, 0.6) is 0 Å². The molecule has 1 atom stereocenters. The summed E-state index contributed by atoms with van der Waals surface area (Å²) in [5.74, 6) is -2.27. The summed E-state index contributed by atoms with van der Waals surface area (Å²) in [5, 5.41) is 2.37. The quantitative estimate of drug-likeness (QED) is 0.760. The molecule has 0 fully saturated rings. The highest BCUT2D eigenvalue weighted by molar-refractivity contribution is 7.92. The van der Waals surface area contributed by atoms with Gasteiger partial charge in [0.1, 0.15) is 11.8 Å². The number of hydrogen-bond donors (Lipinski definition) is 2. The molecule has 6 nitrogen and oxygen atoms in total. The summed E-state index contributed by atoms with van der Waals surface area (Å²) in [6.07, 6.45) is 0. The summed E-state index contributed by atoms with van der Waals surface area (Å²) < 4.78 is 23.5. The normalized spacial score (nSPS) is 12.9. The molecule has 1 aromatic carbocycles. The molecular formula is C14H20N2O4S. The minimum atomic E-state index is -3.50. The lowest BCUT2D eigenvalue weighted by Crippen LogP contribution is -2.40. The summed E-state index contributed by atoms with van der Waals surface area (Å²) in [6.45, 7) is 3.51. The summed E-state index contributed by atoms with van der Waals surface area (Å²) in [6, 6.07) is 7.40. The fourth-order valence-corrected chi connectivity index (χ4v) is 3.55. The van der Waals surface area contributed by atoms with Crippen LogP contribution < -0.4 is 11.1 Å². The van der Waals surface area contributed by atoms with Gasteiger partial charge in [0, 0.05) is 0 Å². The summed E-state index contributed by atoms with van der Waals surface area (Å²) >= 11 is 0. The fourth-order valence-electron chi connectivity index (χ4n) is 1.93. The third-order valence-electron chi connectivity index (χ3n) is 2.66. The van der Waals surface area contributed by atoms with E-state index in [-0.39, 0.29) is 11.7 Å². The Labute approximate surface area is 124 Å². The SMILES string of the molecule is CC(C)CS(=O)(=O)CC(=O)N[C@H](C(N)=O)c1ccccc1. The number of carbonyl (C=O) groups is 2. The molecule has 21 heavy (non-hydrogen) atoms. The highest BCUT2D eigenvalue weighted by Crippen LogP contribution is 2.12. The number of carbonyl (C=O) groups excluding carboxylic acids is 2. The summed E-state index contributed by atoms with van der Waals surface area (Å²) in [4.78, 5) is 23.3. The Bertz CT molecular complexity index is 597. The van der Waals surface area contributed by atoms with Crippen molar-refractivity contribution in [3.8, 4) is 0 Å². The van der Waals surface area contributed by atoms with Crippen LogP contribution in [0, 0.1) is 5.92 Å². The first-order valence-corrected chi connectivity index (χ1v) is 8.37. The molecule has 0 radical (unpaired) electrons. The minimum Gasteiger partial charge on any atom is -0.368 e. The molecule has 0 aromatic heterocycles. The van der Waals surface area contributed by atoms with E-state index < -0.39 is 33.4 Å². The number of benzene rings is 1. The molecule has 0 saturated carbocycles. The number of amides is 2. The van der Waals surface area contributed by atoms with Crippen molar-refractivity contribution in [1.29, 1.82) is 0 Å². The third-order valence-corrected chi connectivity index (χ3v) is 4.54. The maximum Gasteiger partial charge on any atom is 0.244 e. The Hall–Kier alpha value is -1.89. The molecule has 0 saturated heterocycles. The zero-order valence-electron chi connectivity index (χ0n) is 12.1. The van der Waals surface area contributed by atoms with E-state index in [1.54, 1.807) is 44.2 Å². The minimum absolute atomic E-state index is 0.0659. The molecule has 0 bridgehead atoms. The van der Waals surface area contributed by atoms with Gasteiger partial charge in [-0.05, 0) is 11.5 Å². The van der Waals surface area contributed by atoms with Gasteiger partial charge in [0.05, 0.1) is 5.75 Å². The second kappa shape index (κ2) is 7.21. The van der Waals surface area contributed by atoms with Gasteiger partial charge >= 0.3 is 0 Å². The molecule has 3 N–H and O–H groups in total. The van der Waals surface area contributed by atoms with Crippen LogP contribution in [0.15, 0.2) is 30.3 Å². The largest absolute Gasteiger partial charge is 0.368 e. The van der Waals surface area contributed by atoms with Gasteiger partial charge in [-0.2, -0.15) is 0 Å². The maximum absolute atomic E-state index is 11.8. The molecule has 0 spiro atoms. The average molecular weight is 312 g/mol. The number of nitrogens with two attached hydrogens (primary N) is 1. The van der Waals surface area contributed by atoms with Crippen molar-refractivity contribution in [2.75, 3.05) is 11.5 Å². The predicted molar refractivity (Wildman–Crippen MR) is 80.0 cm³/mol. The standard InChI is InChI=1S/C14H20N2O4S/c1-10(2)8-21(19,20)9-12(17)16-13(14(15)18)11-6-4-3-5-7-11/h3-7,10,13H,8-9H2,1-2H3,(H2,15,18)(H,16,17)/t13-/m0/s1. The third kappa shape index (κ3) is 5.95. The summed E-state index contributed by atoms with van der Waals surface area (Å²) in [5.41, 5.74) is 5.77. The summed E-state index contributed by atoms with van der Waals surface area (Å²) in [7, 11) is -3.50. The van der Waals surface area contributed by atoms with Gasteiger partial charge in [-0.3, -0.25) is 9.59 Å². The average Bonchev–Trinajstić information content (AvgIpc) is 2.34. The Morgan fingerprint density at radius 2 is 1.76 bits per heavy atom. The Balaban J connectivity index is 2.77. The van der Waals surface area contributed by atoms with Crippen molar-refractivity contribution in [3.63, 3.8) is 0 Å². The van der Waals surface area contributed by atoms with Crippen LogP contribution in [-0.4, -0.2) is 31.7 Å². The van der Waals surface area contributed by atoms with E-state index in [1.807, 2.05) is 0 Å². The van der Waals surface area contributed by atoms with Crippen LogP contribution in [0.25, 0.3) is 0 Å².